The molecule has 1 aromatic rings. The number of ether oxygens (including phenoxy) is 1. The maximum Gasteiger partial charge on any atom is 0.253 e. The minimum atomic E-state index is 0.108. The first-order valence-corrected chi connectivity index (χ1v) is 7.18. The number of hydrogen-bond donors (Lipinski definition) is 0. The first-order valence-electron chi connectivity index (χ1n) is 7.18. The molecule has 1 atom stereocenters. The van der Waals surface area contributed by atoms with Crippen molar-refractivity contribution in [2.45, 2.75) is 39.2 Å². The number of amides is 1. The van der Waals surface area contributed by atoms with Gasteiger partial charge >= 0.3 is 0 Å². The Morgan fingerprint density at radius 2 is 2.05 bits per heavy atom. The van der Waals surface area contributed by atoms with E-state index in [-0.39, 0.29) is 12.0 Å². The summed E-state index contributed by atoms with van der Waals surface area (Å²) in [6.07, 6.45) is 3.63. The Kier molecular flexibility index (Phi) is 4.97. The van der Waals surface area contributed by atoms with Crippen LogP contribution in [0, 0.1) is 6.92 Å². The number of hydrogen-bond acceptors (Lipinski definition) is 2. The standard InChI is InChI=1S/C16H23NO2/c1-3-17(12-15-6-4-5-11-19-15)16(18)14-9-7-13(2)8-10-14/h7-10,15H,3-6,11-12H2,1-2H3. The first-order chi connectivity index (χ1) is 9.20. The molecular weight excluding hydrogens is 238 g/mol. The summed E-state index contributed by atoms with van der Waals surface area (Å²) in [5, 5.41) is 0. The van der Waals surface area contributed by atoms with Gasteiger partial charge < -0.3 is 9.64 Å². The lowest BCUT2D eigenvalue weighted by Crippen LogP contribution is -2.39. The van der Waals surface area contributed by atoms with Crippen LogP contribution in [0.5, 0.6) is 0 Å². The predicted molar refractivity (Wildman–Crippen MR) is 76.3 cm³/mol. The fourth-order valence-electron chi connectivity index (χ4n) is 2.43. The number of nitrogens with zero attached hydrogens (tertiary/aromatic N) is 1. The first kappa shape index (κ1) is 14.1. The molecule has 1 saturated heterocycles. The molecule has 104 valence electrons. The SMILES string of the molecule is CCN(CC1CCCCO1)C(=O)c1ccc(C)cc1. The molecule has 1 aromatic carbocycles. The molecule has 1 amide bonds. The maximum atomic E-state index is 12.4. The van der Waals surface area contributed by atoms with Crippen molar-refractivity contribution in [3.8, 4) is 0 Å². The smallest absolute Gasteiger partial charge is 0.253 e. The second-order valence-corrected chi connectivity index (χ2v) is 5.20. The van der Waals surface area contributed by atoms with Crippen LogP contribution < -0.4 is 0 Å². The van der Waals surface area contributed by atoms with Crippen LogP contribution in [-0.4, -0.2) is 36.6 Å². The molecule has 0 N–H and O–H groups in total. The molecule has 1 heterocycles. The zero-order valence-corrected chi connectivity index (χ0v) is 11.9. The van der Waals surface area contributed by atoms with E-state index in [2.05, 4.69) is 0 Å². The minimum absolute atomic E-state index is 0.108. The van der Waals surface area contributed by atoms with Crippen molar-refractivity contribution in [3.63, 3.8) is 0 Å². The van der Waals surface area contributed by atoms with Crippen LogP contribution in [0.4, 0.5) is 0 Å². The zero-order chi connectivity index (χ0) is 13.7. The van der Waals surface area contributed by atoms with Gasteiger partial charge in [-0.2, -0.15) is 0 Å². The average Bonchev–Trinajstić information content (AvgIpc) is 2.46. The highest BCUT2D eigenvalue weighted by Gasteiger charge is 2.21. The fourth-order valence-corrected chi connectivity index (χ4v) is 2.43. The van der Waals surface area contributed by atoms with Crippen LogP contribution in [0.15, 0.2) is 24.3 Å². The van der Waals surface area contributed by atoms with Crippen LogP contribution in [0.3, 0.4) is 0 Å². The lowest BCUT2D eigenvalue weighted by Gasteiger charge is -2.29. The molecule has 0 radical (unpaired) electrons. The van der Waals surface area contributed by atoms with E-state index in [0.717, 1.165) is 31.6 Å². The topological polar surface area (TPSA) is 29.5 Å². The third kappa shape index (κ3) is 3.80. The fraction of sp³-hybridized carbons (Fsp3) is 0.562. The average molecular weight is 261 g/mol. The molecule has 0 spiro atoms. The minimum Gasteiger partial charge on any atom is -0.376 e. The highest BCUT2D eigenvalue weighted by molar-refractivity contribution is 5.94. The maximum absolute atomic E-state index is 12.4. The van der Waals surface area contributed by atoms with E-state index in [9.17, 15) is 4.79 Å². The van der Waals surface area contributed by atoms with E-state index in [4.69, 9.17) is 4.74 Å². The monoisotopic (exact) mass is 261 g/mol. The van der Waals surface area contributed by atoms with Crippen molar-refractivity contribution in [2.75, 3.05) is 19.7 Å². The molecule has 0 bridgehead atoms. The van der Waals surface area contributed by atoms with Gasteiger partial charge in [0, 0.05) is 25.3 Å². The number of likely N-dealkylation sites (N-methyl/N-ethyl adjacent to an activating group) is 1. The van der Waals surface area contributed by atoms with Gasteiger partial charge in [0.2, 0.25) is 0 Å². The molecule has 1 fully saturated rings. The summed E-state index contributed by atoms with van der Waals surface area (Å²) in [6, 6.07) is 7.78. The molecular formula is C16H23NO2. The Labute approximate surface area is 115 Å². The van der Waals surface area contributed by atoms with Crippen molar-refractivity contribution in [3.05, 3.63) is 35.4 Å². The molecule has 0 aliphatic carbocycles. The normalized spacial score (nSPS) is 19.2. The van der Waals surface area contributed by atoms with Crippen LogP contribution in [0.2, 0.25) is 0 Å². The van der Waals surface area contributed by atoms with E-state index in [1.54, 1.807) is 0 Å². The van der Waals surface area contributed by atoms with Gasteiger partial charge in [-0.3, -0.25) is 4.79 Å². The summed E-state index contributed by atoms with van der Waals surface area (Å²) in [6.45, 7) is 6.33. The Balaban J connectivity index is 1.99. The van der Waals surface area contributed by atoms with Crippen LogP contribution in [0.25, 0.3) is 0 Å². The van der Waals surface area contributed by atoms with Gasteiger partial charge in [-0.1, -0.05) is 17.7 Å². The summed E-state index contributed by atoms with van der Waals surface area (Å²) in [5.41, 5.74) is 1.94. The van der Waals surface area contributed by atoms with Crippen molar-refractivity contribution < 1.29 is 9.53 Å². The van der Waals surface area contributed by atoms with Crippen molar-refractivity contribution >= 4 is 5.91 Å². The molecule has 0 aromatic heterocycles. The summed E-state index contributed by atoms with van der Waals surface area (Å²) in [7, 11) is 0. The Bertz CT molecular complexity index is 407. The third-order valence-corrected chi connectivity index (χ3v) is 3.67. The molecule has 0 saturated carbocycles. The van der Waals surface area contributed by atoms with Gasteiger partial charge in [-0.25, -0.2) is 0 Å². The van der Waals surface area contributed by atoms with Gasteiger partial charge in [0.15, 0.2) is 0 Å². The molecule has 3 heteroatoms. The Morgan fingerprint density at radius 1 is 1.32 bits per heavy atom. The molecule has 19 heavy (non-hydrogen) atoms. The lowest BCUT2D eigenvalue weighted by molar-refractivity contribution is -0.00311. The predicted octanol–water partition coefficient (Wildman–Crippen LogP) is 3.03. The molecule has 3 nitrogen and oxygen atoms in total. The van der Waals surface area contributed by atoms with Crippen molar-refractivity contribution in [2.24, 2.45) is 0 Å². The molecule has 1 unspecified atom stereocenters. The second-order valence-electron chi connectivity index (χ2n) is 5.20. The van der Waals surface area contributed by atoms with Gasteiger partial charge in [0.25, 0.3) is 5.91 Å². The number of rotatable bonds is 4. The summed E-state index contributed by atoms with van der Waals surface area (Å²) >= 11 is 0. The van der Waals surface area contributed by atoms with E-state index >= 15 is 0 Å². The van der Waals surface area contributed by atoms with E-state index in [1.807, 2.05) is 43.0 Å². The zero-order valence-electron chi connectivity index (χ0n) is 11.9. The van der Waals surface area contributed by atoms with Gasteiger partial charge in [-0.15, -0.1) is 0 Å². The second kappa shape index (κ2) is 6.71. The number of aryl methyl sites for hydroxylation is 1. The van der Waals surface area contributed by atoms with Gasteiger partial charge in [0.05, 0.1) is 6.10 Å². The van der Waals surface area contributed by atoms with Crippen LogP contribution in [0.1, 0.15) is 42.1 Å². The molecule has 2 rings (SSSR count). The largest absolute Gasteiger partial charge is 0.376 e. The Morgan fingerprint density at radius 3 is 2.63 bits per heavy atom. The van der Waals surface area contributed by atoms with Gasteiger partial charge in [0.1, 0.15) is 0 Å². The van der Waals surface area contributed by atoms with Crippen LogP contribution >= 0.6 is 0 Å². The quantitative estimate of drug-likeness (QED) is 0.833. The summed E-state index contributed by atoms with van der Waals surface area (Å²) in [4.78, 5) is 14.3. The summed E-state index contributed by atoms with van der Waals surface area (Å²) in [5.74, 6) is 0.108. The van der Waals surface area contributed by atoms with E-state index in [0.29, 0.717) is 6.54 Å². The number of carbonyl (C=O) groups excluding carboxylic acids is 1. The Hall–Kier alpha value is -1.35. The highest BCUT2D eigenvalue weighted by atomic mass is 16.5. The highest BCUT2D eigenvalue weighted by Crippen LogP contribution is 2.15. The summed E-state index contributed by atoms with van der Waals surface area (Å²) < 4.78 is 5.72. The number of carbonyl (C=O) groups is 1. The number of benzene rings is 1. The van der Waals surface area contributed by atoms with Crippen LogP contribution in [-0.2, 0) is 4.74 Å². The van der Waals surface area contributed by atoms with Gasteiger partial charge in [-0.05, 0) is 45.2 Å². The van der Waals surface area contributed by atoms with Crippen molar-refractivity contribution in [1.82, 2.24) is 4.90 Å². The molecule has 1 aliphatic rings. The van der Waals surface area contributed by atoms with Crippen molar-refractivity contribution in [1.29, 1.82) is 0 Å². The van der Waals surface area contributed by atoms with E-state index < -0.39 is 0 Å². The van der Waals surface area contributed by atoms with E-state index in [1.165, 1.54) is 12.0 Å². The third-order valence-electron chi connectivity index (χ3n) is 3.67. The molecule has 1 aliphatic heterocycles. The lowest BCUT2D eigenvalue weighted by atomic mass is 10.1.